The molecule has 4 aliphatic rings. The molecule has 8 atom stereocenters. The van der Waals surface area contributed by atoms with E-state index in [0.29, 0.717) is 29.6 Å². The molecule has 0 saturated heterocycles. The smallest absolute Gasteiger partial charge is 0.293 e. The molecule has 166 valence electrons. The number of ether oxygens (including phenoxy) is 1. The van der Waals surface area contributed by atoms with Crippen molar-refractivity contribution < 1.29 is 14.6 Å². The molecule has 1 N–H and O–H groups in total. The normalized spacial score (nSPS) is 46.0. The molecule has 0 spiro atoms. The minimum absolute atomic E-state index is 0.114. The highest BCUT2D eigenvalue weighted by Gasteiger charge is 2.64. The van der Waals surface area contributed by atoms with Crippen molar-refractivity contribution in [2.24, 2.45) is 34.5 Å². The van der Waals surface area contributed by atoms with Gasteiger partial charge >= 0.3 is 0 Å². The molecule has 0 heterocycles. The van der Waals surface area contributed by atoms with Gasteiger partial charge in [-0.25, -0.2) is 0 Å². The Bertz CT molecular complexity index is 885. The fourth-order valence-corrected chi connectivity index (χ4v) is 8.34. The summed E-state index contributed by atoms with van der Waals surface area (Å²) < 4.78 is 5.36. The SMILES string of the molecule is C[C@]12CC[C@@H](OC=O)C[C@@H]1CC[C@H]1[C@H]3CC[C@@](O)(C#Cc4ccccc4)[C@]3(C)CC[C@@H]12. The lowest BCUT2D eigenvalue weighted by molar-refractivity contribution is -0.156. The van der Waals surface area contributed by atoms with Gasteiger partial charge in [0.05, 0.1) is 0 Å². The molecule has 0 aliphatic heterocycles. The summed E-state index contributed by atoms with van der Waals surface area (Å²) in [4.78, 5) is 10.8. The number of fused-ring (bicyclic) bond motifs is 5. The summed E-state index contributed by atoms with van der Waals surface area (Å²) >= 11 is 0. The summed E-state index contributed by atoms with van der Waals surface area (Å²) in [6.45, 7) is 5.48. The van der Waals surface area contributed by atoms with E-state index in [2.05, 4.69) is 25.7 Å². The van der Waals surface area contributed by atoms with Gasteiger partial charge < -0.3 is 9.84 Å². The molecule has 5 rings (SSSR count). The van der Waals surface area contributed by atoms with Crippen LogP contribution in [0.25, 0.3) is 0 Å². The van der Waals surface area contributed by atoms with Crippen LogP contribution in [0.5, 0.6) is 0 Å². The van der Waals surface area contributed by atoms with E-state index in [4.69, 9.17) is 4.74 Å². The first-order chi connectivity index (χ1) is 14.9. The van der Waals surface area contributed by atoms with Crippen molar-refractivity contribution >= 4 is 6.47 Å². The van der Waals surface area contributed by atoms with E-state index in [1.807, 2.05) is 30.3 Å². The van der Waals surface area contributed by atoms with Crippen LogP contribution in [0.15, 0.2) is 30.3 Å². The van der Waals surface area contributed by atoms with Crippen molar-refractivity contribution in [1.82, 2.24) is 0 Å². The van der Waals surface area contributed by atoms with Crippen LogP contribution >= 0.6 is 0 Å². The molecule has 4 fully saturated rings. The molecular formula is C28H36O3. The number of carbonyl (C=O) groups is 1. The zero-order valence-corrected chi connectivity index (χ0v) is 19.0. The molecule has 4 aliphatic carbocycles. The van der Waals surface area contributed by atoms with Crippen molar-refractivity contribution in [1.29, 1.82) is 0 Å². The van der Waals surface area contributed by atoms with Crippen LogP contribution < -0.4 is 0 Å². The summed E-state index contributed by atoms with van der Waals surface area (Å²) in [5.41, 5.74) is 0.338. The van der Waals surface area contributed by atoms with Gasteiger partial charge in [0.2, 0.25) is 0 Å². The van der Waals surface area contributed by atoms with Gasteiger partial charge in [0, 0.05) is 11.0 Å². The fraction of sp³-hybridized carbons (Fsp3) is 0.679. The van der Waals surface area contributed by atoms with E-state index in [9.17, 15) is 9.90 Å². The molecule has 0 bridgehead atoms. The first-order valence-corrected chi connectivity index (χ1v) is 12.3. The number of carbonyl (C=O) groups excluding carboxylic acids is 1. The highest BCUT2D eigenvalue weighted by atomic mass is 16.5. The molecule has 3 nitrogen and oxygen atoms in total. The summed E-state index contributed by atoms with van der Waals surface area (Å²) in [5.74, 6) is 9.27. The lowest BCUT2D eigenvalue weighted by Gasteiger charge is -2.61. The Morgan fingerprint density at radius 1 is 1.00 bits per heavy atom. The molecule has 0 unspecified atom stereocenters. The average molecular weight is 421 g/mol. The van der Waals surface area contributed by atoms with E-state index in [0.717, 1.165) is 43.6 Å². The summed E-state index contributed by atoms with van der Waals surface area (Å²) in [6.07, 6.45) is 9.95. The van der Waals surface area contributed by atoms with Gasteiger partial charge in [0.25, 0.3) is 6.47 Å². The Balaban J connectivity index is 1.38. The molecule has 4 saturated carbocycles. The van der Waals surface area contributed by atoms with Crippen LogP contribution in [-0.4, -0.2) is 23.3 Å². The van der Waals surface area contributed by atoms with Gasteiger partial charge in [-0.1, -0.05) is 43.9 Å². The second kappa shape index (κ2) is 7.66. The third-order valence-corrected chi connectivity index (χ3v) is 10.2. The Morgan fingerprint density at radius 2 is 1.77 bits per heavy atom. The van der Waals surface area contributed by atoms with Gasteiger partial charge in [-0.2, -0.15) is 0 Å². The van der Waals surface area contributed by atoms with Gasteiger partial charge in [0.1, 0.15) is 11.7 Å². The largest absolute Gasteiger partial charge is 0.465 e. The van der Waals surface area contributed by atoms with Crippen molar-refractivity contribution in [2.75, 3.05) is 0 Å². The molecule has 0 aromatic heterocycles. The van der Waals surface area contributed by atoms with E-state index in [1.54, 1.807) is 0 Å². The Morgan fingerprint density at radius 3 is 2.55 bits per heavy atom. The fourth-order valence-electron chi connectivity index (χ4n) is 8.34. The molecule has 3 heteroatoms. The topological polar surface area (TPSA) is 46.5 Å². The Kier molecular flexibility index (Phi) is 5.21. The van der Waals surface area contributed by atoms with Crippen molar-refractivity contribution in [3.05, 3.63) is 35.9 Å². The van der Waals surface area contributed by atoms with E-state index in [1.165, 1.54) is 25.7 Å². The Labute approximate surface area is 187 Å². The number of rotatable bonds is 2. The zero-order chi connectivity index (χ0) is 21.7. The van der Waals surface area contributed by atoms with Gasteiger partial charge in [-0.3, -0.25) is 4.79 Å². The van der Waals surface area contributed by atoms with Crippen LogP contribution in [0.3, 0.4) is 0 Å². The van der Waals surface area contributed by atoms with E-state index >= 15 is 0 Å². The van der Waals surface area contributed by atoms with Crippen LogP contribution in [-0.2, 0) is 9.53 Å². The lowest BCUT2D eigenvalue weighted by atomic mass is 9.44. The van der Waals surface area contributed by atoms with Gasteiger partial charge in [-0.05, 0) is 99.0 Å². The third-order valence-electron chi connectivity index (χ3n) is 10.2. The van der Waals surface area contributed by atoms with Crippen LogP contribution in [0, 0.1) is 46.3 Å². The first-order valence-electron chi connectivity index (χ1n) is 12.3. The maximum Gasteiger partial charge on any atom is 0.293 e. The molecule has 1 aromatic rings. The highest BCUT2D eigenvalue weighted by molar-refractivity contribution is 5.38. The standard InChI is InChI=1S/C28H36O3/c1-26-14-11-22(31-19-29)18-21(26)8-9-23-24(26)12-15-27(2)25(23)13-17-28(27,30)16-10-20-6-4-3-5-7-20/h3-7,19,21-25,30H,8-9,11-15,17-18H2,1-2H3/t21-,22+,23+,24-,25+,26-,27+,28-/m0/s1. The number of hydrogen-bond donors (Lipinski definition) is 1. The van der Waals surface area contributed by atoms with Gasteiger partial charge in [0.15, 0.2) is 0 Å². The van der Waals surface area contributed by atoms with Crippen LogP contribution in [0.1, 0.15) is 77.2 Å². The van der Waals surface area contributed by atoms with Crippen molar-refractivity contribution in [2.45, 2.75) is 83.3 Å². The van der Waals surface area contributed by atoms with E-state index in [-0.39, 0.29) is 11.5 Å². The van der Waals surface area contributed by atoms with Crippen molar-refractivity contribution in [3.8, 4) is 11.8 Å². The van der Waals surface area contributed by atoms with E-state index < -0.39 is 5.60 Å². The number of benzene rings is 1. The zero-order valence-electron chi connectivity index (χ0n) is 19.0. The lowest BCUT2D eigenvalue weighted by Crippen LogP contribution is -2.56. The summed E-state index contributed by atoms with van der Waals surface area (Å²) in [6, 6.07) is 10.1. The quantitative estimate of drug-likeness (QED) is 0.518. The maximum atomic E-state index is 11.8. The number of hydrogen-bond acceptors (Lipinski definition) is 3. The second-order valence-corrected chi connectivity index (χ2v) is 11.3. The predicted molar refractivity (Wildman–Crippen MR) is 121 cm³/mol. The molecular weight excluding hydrogens is 384 g/mol. The molecule has 1 aromatic carbocycles. The van der Waals surface area contributed by atoms with Crippen LogP contribution in [0.4, 0.5) is 0 Å². The number of aliphatic hydroxyl groups is 1. The van der Waals surface area contributed by atoms with Crippen LogP contribution in [0.2, 0.25) is 0 Å². The minimum Gasteiger partial charge on any atom is -0.465 e. The van der Waals surface area contributed by atoms with Crippen molar-refractivity contribution in [3.63, 3.8) is 0 Å². The third kappa shape index (κ3) is 3.25. The van der Waals surface area contributed by atoms with Gasteiger partial charge in [-0.15, -0.1) is 0 Å². The highest BCUT2D eigenvalue weighted by Crippen LogP contribution is 2.68. The summed E-state index contributed by atoms with van der Waals surface area (Å²) in [5, 5.41) is 11.8. The monoisotopic (exact) mass is 420 g/mol. The molecule has 31 heavy (non-hydrogen) atoms. The second-order valence-electron chi connectivity index (χ2n) is 11.3. The maximum absolute atomic E-state index is 11.8. The predicted octanol–water partition coefficient (Wildman–Crippen LogP) is 5.35. The Hall–Kier alpha value is -1.79. The first kappa shape index (κ1) is 21.1. The average Bonchev–Trinajstić information content (AvgIpc) is 3.05. The molecule has 0 amide bonds. The minimum atomic E-state index is -0.883. The molecule has 0 radical (unpaired) electrons. The summed E-state index contributed by atoms with van der Waals surface area (Å²) in [7, 11) is 0.